The Bertz CT molecular complexity index is 639. The number of sulfone groups is 1. The summed E-state index contributed by atoms with van der Waals surface area (Å²) in [5.41, 5.74) is 5.96. The Balaban J connectivity index is 2.61. The second-order valence-electron chi connectivity index (χ2n) is 3.51. The minimum absolute atomic E-state index is 0.0690. The van der Waals surface area contributed by atoms with Gasteiger partial charge in [-0.05, 0) is 30.3 Å². The number of anilines is 1. The molecule has 0 radical (unpaired) electrons. The lowest BCUT2D eigenvalue weighted by Crippen LogP contribution is -2.03. The van der Waals surface area contributed by atoms with Crippen molar-refractivity contribution in [1.29, 1.82) is 0 Å². The molecule has 2 rings (SSSR count). The SMILES string of the molecule is Nc1ccc(S(=O)(=O)c2ccccc2)c(Cl)c1. The molecule has 2 aromatic rings. The topological polar surface area (TPSA) is 60.2 Å². The van der Waals surface area contributed by atoms with Crippen LogP contribution in [0.3, 0.4) is 0 Å². The molecule has 88 valence electrons. The molecule has 0 fully saturated rings. The van der Waals surface area contributed by atoms with Crippen molar-refractivity contribution in [2.75, 3.05) is 5.73 Å². The highest BCUT2D eigenvalue weighted by Gasteiger charge is 2.20. The predicted octanol–water partition coefficient (Wildman–Crippen LogP) is 2.76. The quantitative estimate of drug-likeness (QED) is 0.851. The van der Waals surface area contributed by atoms with Crippen LogP contribution in [0, 0.1) is 0 Å². The number of halogens is 1. The third kappa shape index (κ3) is 2.28. The van der Waals surface area contributed by atoms with Crippen molar-refractivity contribution in [3.63, 3.8) is 0 Å². The number of nitrogens with two attached hydrogens (primary N) is 1. The van der Waals surface area contributed by atoms with Gasteiger partial charge in [0.1, 0.15) is 0 Å². The molecule has 0 saturated heterocycles. The van der Waals surface area contributed by atoms with Gasteiger partial charge < -0.3 is 5.73 Å². The summed E-state index contributed by atoms with van der Waals surface area (Å²) in [5.74, 6) is 0. The summed E-state index contributed by atoms with van der Waals surface area (Å²) in [7, 11) is -3.57. The van der Waals surface area contributed by atoms with Gasteiger partial charge in [0.2, 0.25) is 9.84 Å². The van der Waals surface area contributed by atoms with E-state index in [1.807, 2.05) is 0 Å². The molecule has 0 unspecified atom stereocenters. The van der Waals surface area contributed by atoms with Gasteiger partial charge in [0.15, 0.2) is 0 Å². The summed E-state index contributed by atoms with van der Waals surface area (Å²) in [6.45, 7) is 0. The maximum Gasteiger partial charge on any atom is 0.208 e. The van der Waals surface area contributed by atoms with E-state index in [4.69, 9.17) is 17.3 Å². The molecule has 2 N–H and O–H groups in total. The molecule has 5 heteroatoms. The van der Waals surface area contributed by atoms with Crippen molar-refractivity contribution in [2.45, 2.75) is 9.79 Å². The summed E-state index contributed by atoms with van der Waals surface area (Å²) in [6, 6.07) is 12.5. The minimum atomic E-state index is -3.57. The van der Waals surface area contributed by atoms with Gasteiger partial charge >= 0.3 is 0 Å². The average Bonchev–Trinajstić information content (AvgIpc) is 2.29. The van der Waals surface area contributed by atoms with Crippen LogP contribution in [0.4, 0.5) is 5.69 Å². The van der Waals surface area contributed by atoms with E-state index in [1.165, 1.54) is 30.3 Å². The van der Waals surface area contributed by atoms with Crippen LogP contribution in [0.15, 0.2) is 58.3 Å². The Morgan fingerprint density at radius 2 is 1.65 bits per heavy atom. The van der Waals surface area contributed by atoms with Gasteiger partial charge in [-0.3, -0.25) is 0 Å². The van der Waals surface area contributed by atoms with Crippen molar-refractivity contribution in [3.8, 4) is 0 Å². The first kappa shape index (κ1) is 12.0. The van der Waals surface area contributed by atoms with Gasteiger partial charge in [-0.25, -0.2) is 8.42 Å². The molecule has 0 aromatic heterocycles. The zero-order chi connectivity index (χ0) is 12.5. The molecule has 0 amide bonds. The molecule has 0 bridgehead atoms. The molecule has 2 aromatic carbocycles. The highest BCUT2D eigenvalue weighted by molar-refractivity contribution is 7.91. The molecular formula is C12H10ClNO2S. The van der Waals surface area contributed by atoms with Crippen molar-refractivity contribution in [1.82, 2.24) is 0 Å². The Labute approximate surface area is 105 Å². The Morgan fingerprint density at radius 3 is 2.24 bits per heavy atom. The van der Waals surface area contributed by atoms with Crippen LogP contribution in [0.2, 0.25) is 5.02 Å². The van der Waals surface area contributed by atoms with E-state index in [9.17, 15) is 8.42 Å². The standard InChI is InChI=1S/C12H10ClNO2S/c13-11-8-9(14)6-7-12(11)17(15,16)10-4-2-1-3-5-10/h1-8H,14H2. The maximum absolute atomic E-state index is 12.2. The third-order valence-electron chi connectivity index (χ3n) is 2.30. The number of rotatable bonds is 2. The lowest BCUT2D eigenvalue weighted by molar-refractivity contribution is 0.596. The van der Waals surface area contributed by atoms with E-state index in [-0.39, 0.29) is 14.8 Å². The van der Waals surface area contributed by atoms with Gasteiger partial charge in [0.05, 0.1) is 14.8 Å². The van der Waals surface area contributed by atoms with Crippen LogP contribution in [-0.4, -0.2) is 8.42 Å². The first-order valence-corrected chi connectivity index (χ1v) is 6.73. The van der Waals surface area contributed by atoms with E-state index in [0.717, 1.165) is 0 Å². The largest absolute Gasteiger partial charge is 0.399 e. The molecule has 0 atom stereocenters. The summed E-state index contributed by atoms with van der Waals surface area (Å²) >= 11 is 5.90. The van der Waals surface area contributed by atoms with Gasteiger partial charge in [-0.2, -0.15) is 0 Å². The highest BCUT2D eigenvalue weighted by Crippen LogP contribution is 2.28. The molecule has 0 aliphatic heterocycles. The molecule has 0 heterocycles. The van der Waals surface area contributed by atoms with Crippen LogP contribution < -0.4 is 5.73 Å². The zero-order valence-corrected chi connectivity index (χ0v) is 10.4. The first-order chi connectivity index (χ1) is 8.01. The van der Waals surface area contributed by atoms with Crippen LogP contribution in [0.25, 0.3) is 0 Å². The van der Waals surface area contributed by atoms with Crippen molar-refractivity contribution >= 4 is 27.1 Å². The van der Waals surface area contributed by atoms with E-state index in [0.29, 0.717) is 5.69 Å². The monoisotopic (exact) mass is 267 g/mol. The van der Waals surface area contributed by atoms with Crippen molar-refractivity contribution in [3.05, 3.63) is 53.6 Å². The van der Waals surface area contributed by atoms with Gasteiger partial charge in [0, 0.05) is 5.69 Å². The lowest BCUT2D eigenvalue weighted by atomic mass is 10.3. The van der Waals surface area contributed by atoms with E-state index in [1.54, 1.807) is 18.2 Å². The fraction of sp³-hybridized carbons (Fsp3) is 0. The predicted molar refractivity (Wildman–Crippen MR) is 67.8 cm³/mol. The molecule has 0 spiro atoms. The second kappa shape index (κ2) is 4.39. The number of benzene rings is 2. The van der Waals surface area contributed by atoms with Gasteiger partial charge in [-0.15, -0.1) is 0 Å². The summed E-state index contributed by atoms with van der Waals surface area (Å²) in [6.07, 6.45) is 0. The van der Waals surface area contributed by atoms with Gasteiger partial charge in [0.25, 0.3) is 0 Å². The molecular weight excluding hydrogens is 258 g/mol. The summed E-state index contributed by atoms with van der Waals surface area (Å²) < 4.78 is 24.5. The molecule has 3 nitrogen and oxygen atoms in total. The van der Waals surface area contributed by atoms with Crippen molar-refractivity contribution in [2.24, 2.45) is 0 Å². The smallest absolute Gasteiger partial charge is 0.208 e. The minimum Gasteiger partial charge on any atom is -0.399 e. The Hall–Kier alpha value is -1.52. The second-order valence-corrected chi connectivity index (χ2v) is 5.83. The van der Waals surface area contributed by atoms with E-state index >= 15 is 0 Å². The number of hydrogen-bond acceptors (Lipinski definition) is 3. The van der Waals surface area contributed by atoms with Gasteiger partial charge in [-0.1, -0.05) is 29.8 Å². The van der Waals surface area contributed by atoms with Crippen LogP contribution in [-0.2, 0) is 9.84 Å². The highest BCUT2D eigenvalue weighted by atomic mass is 35.5. The van der Waals surface area contributed by atoms with E-state index < -0.39 is 9.84 Å². The third-order valence-corrected chi connectivity index (χ3v) is 4.55. The molecule has 0 aliphatic rings. The molecule has 0 aliphatic carbocycles. The van der Waals surface area contributed by atoms with Crippen LogP contribution in [0.5, 0.6) is 0 Å². The zero-order valence-electron chi connectivity index (χ0n) is 8.80. The van der Waals surface area contributed by atoms with Crippen LogP contribution >= 0.6 is 11.6 Å². The lowest BCUT2D eigenvalue weighted by Gasteiger charge is -2.06. The van der Waals surface area contributed by atoms with Crippen molar-refractivity contribution < 1.29 is 8.42 Å². The summed E-state index contributed by atoms with van der Waals surface area (Å²) in [5, 5.41) is 0.133. The maximum atomic E-state index is 12.2. The number of nitrogen functional groups attached to an aromatic ring is 1. The normalized spacial score (nSPS) is 11.4. The number of hydrogen-bond donors (Lipinski definition) is 1. The Morgan fingerprint density at radius 1 is 1.00 bits per heavy atom. The fourth-order valence-electron chi connectivity index (χ4n) is 1.46. The average molecular weight is 268 g/mol. The molecule has 0 saturated carbocycles. The Kier molecular flexibility index (Phi) is 3.09. The first-order valence-electron chi connectivity index (χ1n) is 4.87. The molecule has 17 heavy (non-hydrogen) atoms. The fourth-order valence-corrected chi connectivity index (χ4v) is 3.29. The summed E-state index contributed by atoms with van der Waals surface area (Å²) in [4.78, 5) is 0.284. The van der Waals surface area contributed by atoms with E-state index in [2.05, 4.69) is 0 Å². The van der Waals surface area contributed by atoms with Crippen LogP contribution in [0.1, 0.15) is 0 Å².